The Hall–Kier alpha value is -2.41. The molecule has 0 amide bonds. The molecule has 22 heavy (non-hydrogen) atoms. The fraction of sp³-hybridized carbons (Fsp3) is 0.133. The van der Waals surface area contributed by atoms with E-state index >= 15 is 0 Å². The number of ether oxygens (including phenoxy) is 2. The molecule has 0 unspecified atom stereocenters. The molecule has 0 atom stereocenters. The lowest BCUT2D eigenvalue weighted by Crippen LogP contribution is -2.19. The van der Waals surface area contributed by atoms with Gasteiger partial charge in [0.15, 0.2) is 16.6 Å². The average Bonchev–Trinajstić information content (AvgIpc) is 2.45. The molecule has 0 bridgehead atoms. The van der Waals surface area contributed by atoms with Gasteiger partial charge in [0.25, 0.3) is 0 Å². The predicted molar refractivity (Wildman–Crippen MR) is 85.7 cm³/mol. The van der Waals surface area contributed by atoms with E-state index in [9.17, 15) is 8.78 Å². The molecule has 2 aromatic rings. The molecular formula is C15H14F2N2O2S. The summed E-state index contributed by atoms with van der Waals surface area (Å²) < 4.78 is 36.5. The number of rotatable bonds is 4. The summed E-state index contributed by atoms with van der Waals surface area (Å²) >= 11 is 5.11. The van der Waals surface area contributed by atoms with E-state index in [1.165, 1.54) is 14.2 Å². The van der Waals surface area contributed by atoms with Gasteiger partial charge in [-0.25, -0.2) is 8.78 Å². The first kappa shape index (κ1) is 16.0. The van der Waals surface area contributed by atoms with E-state index in [1.807, 2.05) is 0 Å². The van der Waals surface area contributed by atoms with E-state index in [-0.39, 0.29) is 10.8 Å². The molecule has 0 heterocycles. The van der Waals surface area contributed by atoms with Crippen molar-refractivity contribution >= 4 is 28.7 Å². The minimum Gasteiger partial charge on any atom is -0.493 e. The largest absolute Gasteiger partial charge is 0.493 e. The Morgan fingerprint density at radius 3 is 2.05 bits per heavy atom. The van der Waals surface area contributed by atoms with Crippen molar-refractivity contribution in [3.8, 4) is 11.5 Å². The minimum atomic E-state index is -0.684. The second-order valence-corrected chi connectivity index (χ2v) is 4.72. The Morgan fingerprint density at radius 2 is 1.45 bits per heavy atom. The number of methoxy groups -OCH3 is 2. The monoisotopic (exact) mass is 324 g/mol. The highest BCUT2D eigenvalue weighted by molar-refractivity contribution is 7.80. The van der Waals surface area contributed by atoms with Crippen molar-refractivity contribution in [2.45, 2.75) is 0 Å². The summed E-state index contributed by atoms with van der Waals surface area (Å²) in [6.45, 7) is 0. The lowest BCUT2D eigenvalue weighted by Gasteiger charge is -2.13. The van der Waals surface area contributed by atoms with E-state index in [0.29, 0.717) is 17.2 Å². The van der Waals surface area contributed by atoms with Crippen molar-refractivity contribution in [1.29, 1.82) is 0 Å². The third kappa shape index (κ3) is 4.05. The lowest BCUT2D eigenvalue weighted by molar-refractivity contribution is 0.355. The summed E-state index contributed by atoms with van der Waals surface area (Å²) in [7, 11) is 3.06. The molecule has 0 fully saturated rings. The van der Waals surface area contributed by atoms with Crippen LogP contribution in [0.4, 0.5) is 20.2 Å². The van der Waals surface area contributed by atoms with Crippen molar-refractivity contribution in [2.24, 2.45) is 0 Å². The van der Waals surface area contributed by atoms with Gasteiger partial charge in [0, 0.05) is 23.5 Å². The van der Waals surface area contributed by atoms with Crippen LogP contribution in [0.3, 0.4) is 0 Å². The Morgan fingerprint density at radius 1 is 0.864 bits per heavy atom. The topological polar surface area (TPSA) is 42.5 Å². The van der Waals surface area contributed by atoms with E-state index in [2.05, 4.69) is 10.6 Å². The standard InChI is InChI=1S/C15H14F2N2O2S/c1-20-13-4-3-11(8-14(13)21-2)18-15(22)19-12-6-9(16)5-10(17)7-12/h3-8H,1-2H3,(H2,18,19,22). The summed E-state index contributed by atoms with van der Waals surface area (Å²) in [5, 5.41) is 5.79. The van der Waals surface area contributed by atoms with Crippen LogP contribution in [0.2, 0.25) is 0 Å². The molecule has 4 nitrogen and oxygen atoms in total. The maximum atomic E-state index is 13.1. The van der Waals surface area contributed by atoms with E-state index < -0.39 is 11.6 Å². The molecule has 116 valence electrons. The number of thiocarbonyl (C=S) groups is 1. The van der Waals surface area contributed by atoms with Gasteiger partial charge in [0.05, 0.1) is 14.2 Å². The molecule has 0 saturated carbocycles. The van der Waals surface area contributed by atoms with E-state index in [4.69, 9.17) is 21.7 Å². The summed E-state index contributed by atoms with van der Waals surface area (Å²) in [5.41, 5.74) is 0.863. The van der Waals surface area contributed by atoms with Gasteiger partial charge in [0.1, 0.15) is 11.6 Å². The Labute approximate surface area is 132 Å². The number of anilines is 2. The first-order valence-electron chi connectivity index (χ1n) is 6.28. The SMILES string of the molecule is COc1ccc(NC(=S)Nc2cc(F)cc(F)c2)cc1OC. The minimum absolute atomic E-state index is 0.192. The number of benzene rings is 2. The fourth-order valence-corrected chi connectivity index (χ4v) is 2.07. The highest BCUT2D eigenvalue weighted by Gasteiger charge is 2.07. The van der Waals surface area contributed by atoms with Gasteiger partial charge < -0.3 is 20.1 Å². The highest BCUT2D eigenvalue weighted by Crippen LogP contribution is 2.29. The third-order valence-electron chi connectivity index (χ3n) is 2.76. The molecule has 0 aliphatic heterocycles. The van der Waals surface area contributed by atoms with Crippen molar-refractivity contribution in [2.75, 3.05) is 24.9 Å². The predicted octanol–water partition coefficient (Wildman–Crippen LogP) is 3.79. The van der Waals surface area contributed by atoms with Gasteiger partial charge >= 0.3 is 0 Å². The van der Waals surface area contributed by atoms with Gasteiger partial charge in [0.2, 0.25) is 0 Å². The molecule has 7 heteroatoms. The van der Waals surface area contributed by atoms with Crippen LogP contribution in [-0.2, 0) is 0 Å². The van der Waals surface area contributed by atoms with E-state index in [1.54, 1.807) is 18.2 Å². The average molecular weight is 324 g/mol. The van der Waals surface area contributed by atoms with Gasteiger partial charge in [-0.15, -0.1) is 0 Å². The second kappa shape index (κ2) is 7.04. The molecule has 2 N–H and O–H groups in total. The van der Waals surface area contributed by atoms with Crippen molar-refractivity contribution in [1.82, 2.24) is 0 Å². The van der Waals surface area contributed by atoms with Gasteiger partial charge in [-0.05, 0) is 36.5 Å². The second-order valence-electron chi connectivity index (χ2n) is 4.31. The lowest BCUT2D eigenvalue weighted by atomic mass is 10.2. The van der Waals surface area contributed by atoms with Crippen molar-refractivity contribution in [3.05, 3.63) is 48.0 Å². The summed E-state index contributed by atoms with van der Waals surface area (Å²) in [4.78, 5) is 0. The summed E-state index contributed by atoms with van der Waals surface area (Å²) in [5.74, 6) is -0.251. The van der Waals surface area contributed by atoms with Crippen LogP contribution < -0.4 is 20.1 Å². The van der Waals surface area contributed by atoms with Crippen molar-refractivity contribution in [3.63, 3.8) is 0 Å². The van der Waals surface area contributed by atoms with Crippen LogP contribution in [-0.4, -0.2) is 19.3 Å². The Bertz CT molecular complexity index is 675. The Kier molecular flexibility index (Phi) is 5.11. The maximum absolute atomic E-state index is 13.1. The first-order valence-corrected chi connectivity index (χ1v) is 6.69. The zero-order valence-corrected chi connectivity index (χ0v) is 12.8. The summed E-state index contributed by atoms with van der Waals surface area (Å²) in [6, 6.07) is 8.22. The van der Waals surface area contributed by atoms with Crippen LogP contribution in [0.5, 0.6) is 11.5 Å². The number of hydrogen-bond donors (Lipinski definition) is 2. The molecule has 2 aromatic carbocycles. The van der Waals surface area contributed by atoms with Crippen LogP contribution in [0.1, 0.15) is 0 Å². The zero-order valence-electron chi connectivity index (χ0n) is 11.9. The van der Waals surface area contributed by atoms with Gasteiger partial charge in [-0.1, -0.05) is 0 Å². The van der Waals surface area contributed by atoms with Crippen LogP contribution in [0.25, 0.3) is 0 Å². The number of hydrogen-bond acceptors (Lipinski definition) is 3. The normalized spacial score (nSPS) is 10.0. The fourth-order valence-electron chi connectivity index (χ4n) is 1.83. The molecule has 0 radical (unpaired) electrons. The summed E-state index contributed by atoms with van der Waals surface area (Å²) in [6.07, 6.45) is 0. The molecule has 0 aliphatic carbocycles. The van der Waals surface area contributed by atoms with Crippen molar-refractivity contribution < 1.29 is 18.3 Å². The molecule has 0 saturated heterocycles. The smallest absolute Gasteiger partial charge is 0.175 e. The molecule has 0 aliphatic rings. The number of halogens is 2. The Balaban J connectivity index is 2.08. The third-order valence-corrected chi connectivity index (χ3v) is 2.97. The number of nitrogens with one attached hydrogen (secondary N) is 2. The van der Waals surface area contributed by atoms with E-state index in [0.717, 1.165) is 18.2 Å². The quantitative estimate of drug-likeness (QED) is 0.838. The maximum Gasteiger partial charge on any atom is 0.175 e. The zero-order chi connectivity index (χ0) is 16.1. The van der Waals surface area contributed by atoms with Crippen LogP contribution in [0.15, 0.2) is 36.4 Å². The van der Waals surface area contributed by atoms with Gasteiger partial charge in [-0.2, -0.15) is 0 Å². The molecule has 0 spiro atoms. The molecule has 2 rings (SSSR count). The first-order chi connectivity index (χ1) is 10.5. The van der Waals surface area contributed by atoms with Crippen LogP contribution >= 0.6 is 12.2 Å². The molecule has 0 aromatic heterocycles. The van der Waals surface area contributed by atoms with Gasteiger partial charge in [-0.3, -0.25) is 0 Å². The van der Waals surface area contributed by atoms with Crippen LogP contribution in [0, 0.1) is 11.6 Å². The highest BCUT2D eigenvalue weighted by atomic mass is 32.1. The molecular weight excluding hydrogens is 310 g/mol.